The minimum Gasteiger partial charge on any atom is -0.445 e. The fraction of sp³-hybridized carbons (Fsp3) is 0.357. The van der Waals surface area contributed by atoms with Crippen LogP contribution < -0.4 is 5.32 Å². The summed E-state index contributed by atoms with van der Waals surface area (Å²) in [5.41, 5.74) is 2.48. The molecule has 88 valence electrons. The first kappa shape index (κ1) is 10.5. The zero-order valence-electron chi connectivity index (χ0n) is 9.73. The van der Waals surface area contributed by atoms with Gasteiger partial charge in [-0.3, -0.25) is 0 Å². The fourth-order valence-corrected chi connectivity index (χ4v) is 2.42. The molecule has 1 fully saturated rings. The lowest BCUT2D eigenvalue weighted by Gasteiger charge is -2.22. The third-order valence-corrected chi connectivity index (χ3v) is 3.40. The van der Waals surface area contributed by atoms with Gasteiger partial charge in [0, 0.05) is 5.56 Å². The highest BCUT2D eigenvalue weighted by Crippen LogP contribution is 2.27. The molecule has 1 aromatic heterocycles. The molecule has 0 bridgehead atoms. The molecule has 0 spiro atoms. The summed E-state index contributed by atoms with van der Waals surface area (Å²) in [7, 11) is 0. The zero-order valence-corrected chi connectivity index (χ0v) is 9.73. The topological polar surface area (TPSA) is 38.1 Å². The molecule has 0 saturated carbocycles. The summed E-state index contributed by atoms with van der Waals surface area (Å²) in [4.78, 5) is 4.15. The van der Waals surface area contributed by atoms with Crippen LogP contribution in [0, 0.1) is 0 Å². The number of hydrogen-bond acceptors (Lipinski definition) is 3. The molecule has 2 heterocycles. The molecule has 3 heteroatoms. The van der Waals surface area contributed by atoms with E-state index in [4.69, 9.17) is 4.42 Å². The van der Waals surface area contributed by atoms with Crippen molar-refractivity contribution in [1.29, 1.82) is 0 Å². The standard InChI is InChI=1S/C14H16N2O/c1-3-13(14-16-9-10-17-14)4-2-11(1)12-5-7-15-8-6-12/h1-4,9-10,12,15H,5-8H2. The van der Waals surface area contributed by atoms with Gasteiger partial charge in [-0.1, -0.05) is 12.1 Å². The highest BCUT2D eigenvalue weighted by Gasteiger charge is 2.15. The summed E-state index contributed by atoms with van der Waals surface area (Å²) in [6, 6.07) is 8.61. The van der Waals surface area contributed by atoms with Crippen molar-refractivity contribution in [1.82, 2.24) is 10.3 Å². The second kappa shape index (κ2) is 4.72. The summed E-state index contributed by atoms with van der Waals surface area (Å²) in [6.07, 6.45) is 5.75. The Kier molecular flexibility index (Phi) is 2.92. The molecule has 3 nitrogen and oxygen atoms in total. The van der Waals surface area contributed by atoms with Gasteiger partial charge in [0.2, 0.25) is 5.89 Å². The molecule has 0 radical (unpaired) electrons. The molecule has 3 rings (SSSR count). The predicted octanol–water partition coefficient (Wildman–Crippen LogP) is 2.81. The smallest absolute Gasteiger partial charge is 0.225 e. The lowest BCUT2D eigenvalue weighted by atomic mass is 9.90. The van der Waals surface area contributed by atoms with Gasteiger partial charge in [0.25, 0.3) is 0 Å². The number of nitrogens with one attached hydrogen (secondary N) is 1. The van der Waals surface area contributed by atoms with Crippen molar-refractivity contribution in [2.45, 2.75) is 18.8 Å². The van der Waals surface area contributed by atoms with E-state index in [1.165, 1.54) is 18.4 Å². The Morgan fingerprint density at radius 2 is 1.88 bits per heavy atom. The first-order valence-electron chi connectivity index (χ1n) is 6.14. The van der Waals surface area contributed by atoms with E-state index < -0.39 is 0 Å². The van der Waals surface area contributed by atoms with E-state index in [1.54, 1.807) is 12.5 Å². The van der Waals surface area contributed by atoms with E-state index in [0.717, 1.165) is 18.7 Å². The molecule has 1 N–H and O–H groups in total. The minimum atomic E-state index is 0.696. The van der Waals surface area contributed by atoms with E-state index in [-0.39, 0.29) is 0 Å². The molecule has 1 aliphatic heterocycles. The van der Waals surface area contributed by atoms with Crippen LogP contribution in [0.25, 0.3) is 11.5 Å². The Balaban J connectivity index is 1.80. The number of hydrogen-bond donors (Lipinski definition) is 1. The maximum atomic E-state index is 5.28. The van der Waals surface area contributed by atoms with Crippen molar-refractivity contribution >= 4 is 0 Å². The Hall–Kier alpha value is -1.61. The molecular formula is C14H16N2O. The fourth-order valence-electron chi connectivity index (χ4n) is 2.42. The van der Waals surface area contributed by atoms with Crippen LogP contribution in [0.2, 0.25) is 0 Å². The SMILES string of the molecule is c1coc(-c2ccc(C3CCNCC3)cc2)n1. The molecule has 0 aliphatic carbocycles. The van der Waals surface area contributed by atoms with Crippen molar-refractivity contribution < 1.29 is 4.42 Å². The molecule has 1 saturated heterocycles. The summed E-state index contributed by atoms with van der Waals surface area (Å²) in [5, 5.41) is 3.39. The predicted molar refractivity (Wildman–Crippen MR) is 66.8 cm³/mol. The third kappa shape index (κ3) is 2.24. The summed E-state index contributed by atoms with van der Waals surface area (Å²) in [5.74, 6) is 1.40. The Morgan fingerprint density at radius 1 is 1.12 bits per heavy atom. The summed E-state index contributed by atoms with van der Waals surface area (Å²) in [6.45, 7) is 2.26. The van der Waals surface area contributed by atoms with Gasteiger partial charge < -0.3 is 9.73 Å². The minimum absolute atomic E-state index is 0.696. The monoisotopic (exact) mass is 228 g/mol. The van der Waals surface area contributed by atoms with Gasteiger partial charge in [-0.15, -0.1) is 0 Å². The van der Waals surface area contributed by atoms with Crippen molar-refractivity contribution in [2.75, 3.05) is 13.1 Å². The van der Waals surface area contributed by atoms with Crippen LogP contribution in [0.1, 0.15) is 24.3 Å². The average Bonchev–Trinajstić information content (AvgIpc) is 2.94. The third-order valence-electron chi connectivity index (χ3n) is 3.40. The lowest BCUT2D eigenvalue weighted by molar-refractivity contribution is 0.460. The number of nitrogens with zero attached hydrogens (tertiary/aromatic N) is 1. The van der Waals surface area contributed by atoms with E-state index in [2.05, 4.69) is 34.6 Å². The van der Waals surface area contributed by atoms with Crippen LogP contribution in [-0.4, -0.2) is 18.1 Å². The Morgan fingerprint density at radius 3 is 2.53 bits per heavy atom. The van der Waals surface area contributed by atoms with Crippen LogP contribution in [0.5, 0.6) is 0 Å². The number of rotatable bonds is 2. The first-order valence-corrected chi connectivity index (χ1v) is 6.14. The Bertz CT molecular complexity index is 455. The molecule has 0 atom stereocenters. The first-order chi connectivity index (χ1) is 8.43. The van der Waals surface area contributed by atoms with Gasteiger partial charge in [-0.05, 0) is 49.5 Å². The van der Waals surface area contributed by atoms with Gasteiger partial charge >= 0.3 is 0 Å². The number of benzene rings is 1. The van der Waals surface area contributed by atoms with Crippen molar-refractivity contribution in [3.63, 3.8) is 0 Å². The van der Waals surface area contributed by atoms with Crippen LogP contribution in [-0.2, 0) is 0 Å². The van der Waals surface area contributed by atoms with Gasteiger partial charge in [-0.2, -0.15) is 0 Å². The van der Waals surface area contributed by atoms with Crippen molar-refractivity contribution in [3.8, 4) is 11.5 Å². The molecule has 0 unspecified atom stereocenters. The van der Waals surface area contributed by atoms with E-state index in [0.29, 0.717) is 11.8 Å². The lowest BCUT2D eigenvalue weighted by Crippen LogP contribution is -2.26. The maximum Gasteiger partial charge on any atom is 0.225 e. The molecule has 1 aromatic carbocycles. The largest absolute Gasteiger partial charge is 0.445 e. The summed E-state index contributed by atoms with van der Waals surface area (Å²) < 4.78 is 5.28. The second-order valence-corrected chi connectivity index (χ2v) is 4.48. The summed E-state index contributed by atoms with van der Waals surface area (Å²) >= 11 is 0. The van der Waals surface area contributed by atoms with Crippen LogP contribution in [0.4, 0.5) is 0 Å². The van der Waals surface area contributed by atoms with Crippen LogP contribution >= 0.6 is 0 Å². The van der Waals surface area contributed by atoms with Crippen molar-refractivity contribution in [3.05, 3.63) is 42.3 Å². The van der Waals surface area contributed by atoms with Crippen LogP contribution in [0.3, 0.4) is 0 Å². The average molecular weight is 228 g/mol. The molecule has 17 heavy (non-hydrogen) atoms. The highest BCUT2D eigenvalue weighted by molar-refractivity contribution is 5.53. The van der Waals surface area contributed by atoms with E-state index >= 15 is 0 Å². The van der Waals surface area contributed by atoms with Gasteiger partial charge in [0.05, 0.1) is 6.20 Å². The van der Waals surface area contributed by atoms with Crippen molar-refractivity contribution in [2.24, 2.45) is 0 Å². The van der Waals surface area contributed by atoms with Crippen LogP contribution in [0.15, 0.2) is 41.1 Å². The molecular weight excluding hydrogens is 212 g/mol. The zero-order chi connectivity index (χ0) is 11.5. The van der Waals surface area contributed by atoms with E-state index in [1.807, 2.05) is 0 Å². The van der Waals surface area contributed by atoms with Gasteiger partial charge in [0.1, 0.15) is 6.26 Å². The quantitative estimate of drug-likeness (QED) is 0.859. The number of aromatic nitrogens is 1. The molecule has 1 aliphatic rings. The maximum absolute atomic E-state index is 5.28. The molecule has 0 amide bonds. The van der Waals surface area contributed by atoms with Gasteiger partial charge in [0.15, 0.2) is 0 Å². The number of piperidine rings is 1. The Labute approximate surface area is 101 Å². The molecule has 2 aromatic rings. The number of oxazole rings is 1. The second-order valence-electron chi connectivity index (χ2n) is 4.48. The van der Waals surface area contributed by atoms with E-state index in [9.17, 15) is 0 Å². The highest BCUT2D eigenvalue weighted by atomic mass is 16.3. The normalized spacial score (nSPS) is 17.2. The van der Waals surface area contributed by atoms with Gasteiger partial charge in [-0.25, -0.2) is 4.98 Å².